The molecule has 3 aromatic heterocycles. The van der Waals surface area contributed by atoms with Crippen molar-refractivity contribution < 1.29 is 14.0 Å². The van der Waals surface area contributed by atoms with Gasteiger partial charge in [-0.25, -0.2) is 9.37 Å². The van der Waals surface area contributed by atoms with Crippen LogP contribution in [0.3, 0.4) is 0 Å². The molecular weight excluding hydrogens is 543 g/mol. The fourth-order valence-electron chi connectivity index (χ4n) is 5.50. The second-order valence-electron chi connectivity index (χ2n) is 10.0. The maximum atomic E-state index is 15.5. The lowest BCUT2D eigenvalue weighted by Crippen LogP contribution is -2.48. The van der Waals surface area contributed by atoms with E-state index in [9.17, 15) is 14.4 Å². The molecule has 0 aliphatic carbocycles. The number of piperazine rings is 1. The summed E-state index contributed by atoms with van der Waals surface area (Å²) in [7, 11) is 0. The summed E-state index contributed by atoms with van der Waals surface area (Å²) in [6, 6.07) is 6.53. The Hall–Kier alpha value is -3.28. The molecule has 2 amide bonds. The van der Waals surface area contributed by atoms with Gasteiger partial charge in [0.15, 0.2) is 17.3 Å². The Morgan fingerprint density at radius 1 is 1.10 bits per heavy atom. The fraction of sp³-hybridized carbons (Fsp3) is 0.407. The topological polar surface area (TPSA) is 90.3 Å². The van der Waals surface area contributed by atoms with Crippen molar-refractivity contribution in [2.45, 2.75) is 19.8 Å². The largest absolute Gasteiger partial charge is 0.351 e. The van der Waals surface area contributed by atoms with Gasteiger partial charge >= 0.3 is 0 Å². The number of carbonyl (C=O) groups is 2. The van der Waals surface area contributed by atoms with Crippen LogP contribution in [0.1, 0.15) is 30.1 Å². The van der Waals surface area contributed by atoms with Crippen LogP contribution in [0.2, 0.25) is 5.02 Å². The quantitative estimate of drug-likeness (QED) is 0.396. The third kappa shape index (κ3) is 4.72. The van der Waals surface area contributed by atoms with Crippen LogP contribution in [0, 0.1) is 5.82 Å². The van der Waals surface area contributed by atoms with E-state index in [1.54, 1.807) is 26.3 Å². The number of nitrogens with one attached hydrogen (secondary N) is 1. The molecule has 0 unspecified atom stereocenters. The molecule has 2 fully saturated rings. The smallest absolute Gasteiger partial charge is 0.258 e. The summed E-state index contributed by atoms with van der Waals surface area (Å²) >= 11 is 7.64. The standard InChI is InChI=1S/C27H28ClFN6O3S/c1-16(36)33-10-12-34(13-11-33)25-19(29)15-18-23(37)22(26(38)30-6-9-32-7-2-3-8-32)27-35(24(18)31-25)20-14-17(28)4-5-21(20)39-27/h4-5,14-15H,2-3,6-13H2,1H3,(H,30,38). The predicted octanol–water partition coefficient (Wildman–Crippen LogP) is 3.35. The molecule has 0 atom stereocenters. The molecule has 4 aromatic rings. The number of hydrogen-bond donors (Lipinski definition) is 1. The van der Waals surface area contributed by atoms with E-state index in [-0.39, 0.29) is 28.3 Å². The van der Waals surface area contributed by atoms with Crippen LogP contribution in [-0.2, 0) is 4.79 Å². The molecule has 204 valence electrons. The van der Waals surface area contributed by atoms with Crippen LogP contribution < -0.4 is 15.6 Å². The van der Waals surface area contributed by atoms with Crippen LogP contribution >= 0.6 is 22.9 Å². The van der Waals surface area contributed by atoms with Gasteiger partial charge in [0.05, 0.1) is 15.6 Å². The Bertz CT molecular complexity index is 1670. The predicted molar refractivity (Wildman–Crippen MR) is 152 cm³/mol. The lowest BCUT2D eigenvalue weighted by atomic mass is 10.1. The van der Waals surface area contributed by atoms with Crippen molar-refractivity contribution in [3.05, 3.63) is 50.9 Å². The van der Waals surface area contributed by atoms with Crippen molar-refractivity contribution in [3.63, 3.8) is 0 Å². The van der Waals surface area contributed by atoms with Gasteiger partial charge in [-0.3, -0.25) is 18.8 Å². The molecule has 2 aliphatic rings. The van der Waals surface area contributed by atoms with Gasteiger partial charge in [0.1, 0.15) is 10.4 Å². The Kier molecular flexibility index (Phi) is 6.90. The molecule has 0 spiro atoms. The van der Waals surface area contributed by atoms with E-state index in [2.05, 4.69) is 15.2 Å². The van der Waals surface area contributed by atoms with Crippen molar-refractivity contribution in [3.8, 4) is 0 Å². The van der Waals surface area contributed by atoms with E-state index in [4.69, 9.17) is 11.6 Å². The summed E-state index contributed by atoms with van der Waals surface area (Å²) in [5.74, 6) is -1.04. The number of rotatable bonds is 5. The molecule has 12 heteroatoms. The zero-order chi connectivity index (χ0) is 27.3. The summed E-state index contributed by atoms with van der Waals surface area (Å²) in [5.41, 5.74) is 0.374. The van der Waals surface area contributed by atoms with Gasteiger partial charge in [-0.05, 0) is 50.2 Å². The molecule has 5 heterocycles. The van der Waals surface area contributed by atoms with Gasteiger partial charge in [0, 0.05) is 51.2 Å². The minimum atomic E-state index is -0.645. The summed E-state index contributed by atoms with van der Waals surface area (Å²) < 4.78 is 18.1. The monoisotopic (exact) mass is 570 g/mol. The number of likely N-dealkylation sites (tertiary alicyclic amines) is 1. The molecule has 2 saturated heterocycles. The minimum absolute atomic E-state index is 0.0229. The Morgan fingerprint density at radius 2 is 1.85 bits per heavy atom. The number of nitrogens with zero attached hydrogens (tertiary/aromatic N) is 5. The SMILES string of the molecule is CC(=O)N1CCN(c2nc3c(cc2F)c(=O)c(C(=O)NCCN2CCCC2)c2sc4ccc(Cl)cc4n23)CC1. The van der Waals surface area contributed by atoms with Crippen molar-refractivity contribution in [1.82, 2.24) is 24.5 Å². The molecule has 1 N–H and O–H groups in total. The van der Waals surface area contributed by atoms with Crippen LogP contribution in [0.4, 0.5) is 10.2 Å². The van der Waals surface area contributed by atoms with E-state index in [1.165, 1.54) is 24.3 Å². The van der Waals surface area contributed by atoms with Gasteiger partial charge in [0.25, 0.3) is 5.91 Å². The van der Waals surface area contributed by atoms with Crippen LogP contribution in [0.15, 0.2) is 29.1 Å². The summed E-state index contributed by atoms with van der Waals surface area (Å²) in [6.07, 6.45) is 2.30. The fourth-order valence-corrected chi connectivity index (χ4v) is 6.83. The van der Waals surface area contributed by atoms with Gasteiger partial charge in [-0.15, -0.1) is 11.3 Å². The molecule has 0 bridgehead atoms. The molecule has 39 heavy (non-hydrogen) atoms. The van der Waals surface area contributed by atoms with E-state index < -0.39 is 17.2 Å². The number of halogens is 2. The number of fused-ring (bicyclic) bond motifs is 5. The van der Waals surface area contributed by atoms with Crippen molar-refractivity contribution in [2.24, 2.45) is 0 Å². The first-order valence-corrected chi connectivity index (χ1v) is 14.3. The maximum absolute atomic E-state index is 15.5. The molecule has 1 aromatic carbocycles. The first kappa shape index (κ1) is 26.0. The lowest BCUT2D eigenvalue weighted by Gasteiger charge is -2.35. The zero-order valence-electron chi connectivity index (χ0n) is 21.5. The maximum Gasteiger partial charge on any atom is 0.258 e. The van der Waals surface area contributed by atoms with E-state index in [0.29, 0.717) is 54.6 Å². The summed E-state index contributed by atoms with van der Waals surface area (Å²) in [5, 5.41) is 3.42. The van der Waals surface area contributed by atoms with Crippen LogP contribution in [-0.4, -0.2) is 83.4 Å². The molecular formula is C27H28ClFN6O3S. The molecule has 6 rings (SSSR count). The van der Waals surface area contributed by atoms with Crippen molar-refractivity contribution in [1.29, 1.82) is 0 Å². The number of anilines is 1. The Morgan fingerprint density at radius 3 is 2.56 bits per heavy atom. The number of aromatic nitrogens is 2. The van der Waals surface area contributed by atoms with E-state index >= 15 is 4.39 Å². The van der Waals surface area contributed by atoms with Crippen LogP contribution in [0.5, 0.6) is 0 Å². The van der Waals surface area contributed by atoms with E-state index in [0.717, 1.165) is 30.6 Å². The van der Waals surface area contributed by atoms with Crippen molar-refractivity contribution >= 4 is 66.7 Å². The lowest BCUT2D eigenvalue weighted by molar-refractivity contribution is -0.129. The first-order chi connectivity index (χ1) is 18.8. The number of amides is 2. The van der Waals surface area contributed by atoms with E-state index in [1.807, 2.05) is 6.07 Å². The van der Waals surface area contributed by atoms with Gasteiger partial charge < -0.3 is 20.0 Å². The number of thiazole rings is 1. The average Bonchev–Trinajstić information content (AvgIpc) is 3.56. The molecule has 2 aliphatic heterocycles. The second kappa shape index (κ2) is 10.4. The zero-order valence-corrected chi connectivity index (χ0v) is 23.1. The number of carbonyl (C=O) groups excluding carboxylic acids is 2. The first-order valence-electron chi connectivity index (χ1n) is 13.1. The van der Waals surface area contributed by atoms with Crippen molar-refractivity contribution in [2.75, 3.05) is 57.3 Å². The highest BCUT2D eigenvalue weighted by Gasteiger charge is 2.27. The Balaban J connectivity index is 1.47. The number of benzene rings is 1. The number of pyridine rings is 2. The second-order valence-corrected chi connectivity index (χ2v) is 11.5. The summed E-state index contributed by atoms with van der Waals surface area (Å²) in [4.78, 5) is 49.8. The molecule has 0 saturated carbocycles. The van der Waals surface area contributed by atoms with Crippen LogP contribution in [0.25, 0.3) is 26.1 Å². The third-order valence-corrected chi connectivity index (χ3v) is 8.95. The van der Waals surface area contributed by atoms with Gasteiger partial charge in [0.2, 0.25) is 11.3 Å². The van der Waals surface area contributed by atoms with Gasteiger partial charge in [-0.2, -0.15) is 0 Å². The molecule has 9 nitrogen and oxygen atoms in total. The minimum Gasteiger partial charge on any atom is -0.351 e. The van der Waals surface area contributed by atoms with Gasteiger partial charge in [-0.1, -0.05) is 11.6 Å². The Labute approximate surface area is 232 Å². The third-order valence-electron chi connectivity index (χ3n) is 7.57. The highest BCUT2D eigenvalue weighted by molar-refractivity contribution is 7.24. The number of hydrogen-bond acceptors (Lipinski definition) is 7. The summed E-state index contributed by atoms with van der Waals surface area (Å²) in [6.45, 7) is 6.40. The normalized spacial score (nSPS) is 16.6. The molecule has 0 radical (unpaired) electrons. The average molecular weight is 571 g/mol. The highest BCUT2D eigenvalue weighted by atomic mass is 35.5. The highest BCUT2D eigenvalue weighted by Crippen LogP contribution is 2.33.